The minimum Gasteiger partial charge on any atom is -0.456 e. The molecule has 2 amide bonds. The number of primary amides is 1. The van der Waals surface area contributed by atoms with E-state index >= 15 is 0 Å². The smallest absolute Gasteiger partial charge is 0.284 e. The van der Waals surface area contributed by atoms with Crippen LogP contribution >= 0.6 is 22.7 Å². The molecule has 4 heterocycles. The monoisotopic (exact) mass is 483 g/mol. The number of carbonyl (C=O) groups is 2. The molecule has 9 nitrogen and oxygen atoms in total. The number of furan rings is 1. The summed E-state index contributed by atoms with van der Waals surface area (Å²) in [6.07, 6.45) is 4.66. The molecule has 0 atom stereocenters. The second-order valence-corrected chi connectivity index (χ2v) is 9.88. The van der Waals surface area contributed by atoms with Crippen LogP contribution in [0.4, 0.5) is 5.13 Å². The van der Waals surface area contributed by atoms with E-state index in [0.29, 0.717) is 39.8 Å². The Bertz CT molecular complexity index is 1440. The number of H-pyrrole nitrogens is 1. The largest absolute Gasteiger partial charge is 0.456 e. The van der Waals surface area contributed by atoms with Crippen LogP contribution in [-0.2, 0) is 24.1 Å². The fourth-order valence-corrected chi connectivity index (χ4v) is 6.06. The van der Waals surface area contributed by atoms with Crippen molar-refractivity contribution in [2.75, 3.05) is 5.32 Å². The number of aromatic nitrogens is 3. The molecule has 4 aromatic rings. The van der Waals surface area contributed by atoms with Gasteiger partial charge in [0.05, 0.1) is 11.1 Å². The quantitative estimate of drug-likeness (QED) is 0.382. The number of anilines is 1. The van der Waals surface area contributed by atoms with Crippen LogP contribution in [0, 0.1) is 6.92 Å². The fourth-order valence-electron chi connectivity index (χ4n) is 4.05. The number of hydrogen-bond acceptors (Lipinski definition) is 8. The predicted octanol–water partition coefficient (Wildman–Crippen LogP) is 3.56. The summed E-state index contributed by atoms with van der Waals surface area (Å²) < 4.78 is 5.34. The van der Waals surface area contributed by atoms with Crippen molar-refractivity contribution in [2.24, 2.45) is 5.73 Å². The van der Waals surface area contributed by atoms with Crippen LogP contribution in [0.25, 0.3) is 21.5 Å². The second-order valence-electron chi connectivity index (χ2n) is 7.93. The lowest BCUT2D eigenvalue weighted by Gasteiger charge is -2.09. The van der Waals surface area contributed by atoms with E-state index in [1.54, 1.807) is 29.7 Å². The fraction of sp³-hybridized carbons (Fsp3) is 0.318. The number of thiophene rings is 1. The van der Waals surface area contributed by atoms with Crippen LogP contribution in [0.1, 0.15) is 51.8 Å². The highest BCUT2D eigenvalue weighted by Crippen LogP contribution is 2.33. The van der Waals surface area contributed by atoms with E-state index in [0.717, 1.165) is 36.1 Å². The summed E-state index contributed by atoms with van der Waals surface area (Å²) in [4.78, 5) is 50.3. The third-order valence-corrected chi connectivity index (χ3v) is 7.59. The van der Waals surface area contributed by atoms with Gasteiger partial charge in [-0.25, -0.2) is 9.97 Å². The van der Waals surface area contributed by atoms with Gasteiger partial charge in [-0.15, -0.1) is 22.7 Å². The predicted molar refractivity (Wildman–Crippen MR) is 127 cm³/mol. The van der Waals surface area contributed by atoms with Gasteiger partial charge in [0.1, 0.15) is 16.4 Å². The first kappa shape index (κ1) is 21.5. The first-order valence-electron chi connectivity index (χ1n) is 10.6. The number of hydrogen-bond donors (Lipinski definition) is 3. The van der Waals surface area contributed by atoms with Crippen molar-refractivity contribution in [1.29, 1.82) is 0 Å². The lowest BCUT2D eigenvalue weighted by atomic mass is 9.97. The topological polar surface area (TPSA) is 144 Å². The zero-order chi connectivity index (χ0) is 23.1. The maximum atomic E-state index is 12.6. The van der Waals surface area contributed by atoms with Crippen LogP contribution in [-0.4, -0.2) is 26.8 Å². The number of aromatic amines is 1. The van der Waals surface area contributed by atoms with E-state index in [1.807, 2.05) is 0 Å². The van der Waals surface area contributed by atoms with Gasteiger partial charge in [-0.2, -0.15) is 0 Å². The molecule has 4 aromatic heterocycles. The molecule has 0 aliphatic heterocycles. The third-order valence-electron chi connectivity index (χ3n) is 5.65. The number of nitrogens with zero attached hydrogens (tertiary/aromatic N) is 2. The molecule has 0 unspecified atom stereocenters. The SMILES string of the molecule is Cc1oc(C(N)=O)cc1-c1csc(NC(=O)CCc2nc3sc4c(c3c(=O)[nH]2)CCCC4)n1. The van der Waals surface area contributed by atoms with Gasteiger partial charge in [-0.05, 0) is 44.2 Å². The lowest BCUT2D eigenvalue weighted by Crippen LogP contribution is -2.16. The highest BCUT2D eigenvalue weighted by molar-refractivity contribution is 7.18. The van der Waals surface area contributed by atoms with Gasteiger partial charge in [-0.3, -0.25) is 14.4 Å². The summed E-state index contributed by atoms with van der Waals surface area (Å²) in [7, 11) is 0. The summed E-state index contributed by atoms with van der Waals surface area (Å²) in [5.41, 5.74) is 7.52. The van der Waals surface area contributed by atoms with E-state index in [2.05, 4.69) is 20.3 Å². The zero-order valence-corrected chi connectivity index (χ0v) is 19.5. The van der Waals surface area contributed by atoms with E-state index in [-0.39, 0.29) is 23.6 Å². The van der Waals surface area contributed by atoms with Gasteiger partial charge in [-0.1, -0.05) is 0 Å². The highest BCUT2D eigenvalue weighted by Gasteiger charge is 2.20. The molecule has 0 saturated carbocycles. The number of nitrogens with two attached hydrogens (primary N) is 1. The molecular formula is C22H21N5O4S2. The normalized spacial score (nSPS) is 13.2. The number of thiazole rings is 1. The Kier molecular flexibility index (Phi) is 5.59. The number of nitrogens with one attached hydrogen (secondary N) is 2. The number of fused-ring (bicyclic) bond motifs is 3. The standard InChI is InChI=1S/C22H21N5O4S2/c1-10-12(8-14(31-10)19(23)29)13-9-32-22(24-13)27-17(28)7-6-16-25-20(30)18-11-4-2-3-5-15(11)33-21(18)26-16/h8-9H,2-7H2,1H3,(H2,23,29)(H,24,27,28)(H,25,26,30). The maximum Gasteiger partial charge on any atom is 0.284 e. The molecule has 0 fully saturated rings. The van der Waals surface area contributed by atoms with Crippen LogP contribution in [0.15, 0.2) is 20.7 Å². The van der Waals surface area contributed by atoms with Gasteiger partial charge in [0.25, 0.3) is 11.5 Å². The number of rotatable bonds is 6. The summed E-state index contributed by atoms with van der Waals surface area (Å²) in [5.74, 6) is 0.208. The van der Waals surface area contributed by atoms with Gasteiger partial charge in [0, 0.05) is 28.7 Å². The molecule has 5 rings (SSSR count). The molecular weight excluding hydrogens is 462 g/mol. The molecule has 1 aliphatic carbocycles. The number of amides is 2. The Morgan fingerprint density at radius 1 is 1.27 bits per heavy atom. The van der Waals surface area contributed by atoms with Gasteiger partial charge in [0.15, 0.2) is 10.9 Å². The van der Waals surface area contributed by atoms with E-state index in [9.17, 15) is 14.4 Å². The van der Waals surface area contributed by atoms with E-state index in [1.165, 1.54) is 16.2 Å². The first-order chi connectivity index (χ1) is 15.9. The van der Waals surface area contributed by atoms with Crippen molar-refractivity contribution < 1.29 is 14.0 Å². The molecule has 1 aliphatic rings. The molecule has 0 bridgehead atoms. The van der Waals surface area contributed by atoms with Crippen LogP contribution in [0.5, 0.6) is 0 Å². The van der Waals surface area contributed by atoms with Crippen LogP contribution in [0.3, 0.4) is 0 Å². The van der Waals surface area contributed by atoms with Crippen molar-refractivity contribution in [2.45, 2.75) is 45.4 Å². The van der Waals surface area contributed by atoms with Crippen molar-refractivity contribution in [3.63, 3.8) is 0 Å². The molecule has 11 heteroatoms. The van der Waals surface area contributed by atoms with Crippen molar-refractivity contribution in [3.8, 4) is 11.3 Å². The van der Waals surface area contributed by atoms with Crippen LogP contribution in [0.2, 0.25) is 0 Å². The summed E-state index contributed by atoms with van der Waals surface area (Å²) in [6.45, 7) is 1.72. The third kappa shape index (κ3) is 4.21. The maximum absolute atomic E-state index is 12.6. The summed E-state index contributed by atoms with van der Waals surface area (Å²) >= 11 is 2.86. The Morgan fingerprint density at radius 3 is 2.88 bits per heavy atom. The zero-order valence-electron chi connectivity index (χ0n) is 17.8. The Labute approximate surface area is 196 Å². The minimum atomic E-state index is -0.652. The Balaban J connectivity index is 1.26. The highest BCUT2D eigenvalue weighted by atomic mass is 32.1. The average Bonchev–Trinajstić information content (AvgIpc) is 3.48. The summed E-state index contributed by atoms with van der Waals surface area (Å²) in [6, 6.07) is 1.54. The van der Waals surface area contributed by atoms with Crippen LogP contribution < -0.4 is 16.6 Å². The molecule has 0 spiro atoms. The molecule has 170 valence electrons. The molecule has 0 aromatic carbocycles. The number of aryl methyl sites for hydroxylation is 4. The molecule has 0 radical (unpaired) electrons. The van der Waals surface area contributed by atoms with Crippen molar-refractivity contribution in [3.05, 3.63) is 49.6 Å². The molecule has 4 N–H and O–H groups in total. The van der Waals surface area contributed by atoms with E-state index in [4.69, 9.17) is 10.2 Å². The average molecular weight is 484 g/mol. The van der Waals surface area contributed by atoms with E-state index < -0.39 is 5.91 Å². The van der Waals surface area contributed by atoms with Gasteiger partial charge < -0.3 is 20.5 Å². The lowest BCUT2D eigenvalue weighted by molar-refractivity contribution is -0.116. The minimum absolute atomic E-state index is 0.0612. The second kappa shape index (κ2) is 8.56. The summed E-state index contributed by atoms with van der Waals surface area (Å²) in [5, 5.41) is 5.68. The Morgan fingerprint density at radius 2 is 2.09 bits per heavy atom. The van der Waals surface area contributed by atoms with Crippen molar-refractivity contribution in [1.82, 2.24) is 15.0 Å². The van der Waals surface area contributed by atoms with Crippen molar-refractivity contribution >= 4 is 49.8 Å². The Hall–Kier alpha value is -3.31. The molecule has 0 saturated heterocycles. The first-order valence-corrected chi connectivity index (χ1v) is 12.3. The van der Waals surface area contributed by atoms with Gasteiger partial charge >= 0.3 is 0 Å². The van der Waals surface area contributed by atoms with Gasteiger partial charge in [0.2, 0.25) is 5.91 Å². The number of carbonyl (C=O) groups excluding carboxylic acids is 2. The molecule has 33 heavy (non-hydrogen) atoms.